The molecule has 0 heterocycles. The van der Waals surface area contributed by atoms with Crippen LogP contribution < -0.4 is 15.5 Å². The van der Waals surface area contributed by atoms with E-state index < -0.39 is 0 Å². The number of phenolic OH excluding ortho intramolecular Hbond substituents is 1. The van der Waals surface area contributed by atoms with Crippen LogP contribution in [-0.4, -0.2) is 30.9 Å². The lowest BCUT2D eigenvalue weighted by Gasteiger charge is -2.05. The first kappa shape index (κ1) is 16.8. The number of carbonyl (C=O) groups is 1. The summed E-state index contributed by atoms with van der Waals surface area (Å²) in [6.45, 7) is 0.0864. The lowest BCUT2D eigenvalue weighted by molar-refractivity contribution is -0.119. The van der Waals surface area contributed by atoms with Crippen molar-refractivity contribution in [3.8, 4) is 11.5 Å². The summed E-state index contributed by atoms with van der Waals surface area (Å²) >= 11 is 3.34. The number of anilines is 1. The smallest absolute Gasteiger partial charge is 0.259 e. The number of amides is 1. The van der Waals surface area contributed by atoms with Crippen LogP contribution in [0.1, 0.15) is 5.56 Å². The van der Waals surface area contributed by atoms with E-state index in [0.29, 0.717) is 11.3 Å². The maximum Gasteiger partial charge on any atom is 0.259 e. The molecular weight excluding hydrogens is 362 g/mol. The molecule has 2 rings (SSSR count). The molecule has 2 aromatic carbocycles. The Balaban J connectivity index is 1.85. The van der Waals surface area contributed by atoms with Gasteiger partial charge in [0.2, 0.25) is 0 Å². The molecule has 23 heavy (non-hydrogen) atoms. The van der Waals surface area contributed by atoms with Crippen LogP contribution in [0.2, 0.25) is 0 Å². The summed E-state index contributed by atoms with van der Waals surface area (Å²) in [6, 6.07) is 12.2. The van der Waals surface area contributed by atoms with Crippen LogP contribution >= 0.6 is 15.9 Å². The molecule has 0 radical (unpaired) electrons. The Labute approximate surface area is 142 Å². The van der Waals surface area contributed by atoms with Gasteiger partial charge < -0.3 is 15.2 Å². The summed E-state index contributed by atoms with van der Waals surface area (Å²) in [7, 11) is 1.53. The first-order chi connectivity index (χ1) is 11.1. The fraction of sp³-hybridized carbons (Fsp3) is 0.125. The average Bonchev–Trinajstić information content (AvgIpc) is 2.56. The fourth-order valence-electron chi connectivity index (χ4n) is 1.73. The number of methoxy groups -OCH3 is 1. The molecule has 0 aliphatic heterocycles. The lowest BCUT2D eigenvalue weighted by Crippen LogP contribution is -2.25. The molecule has 0 aliphatic carbocycles. The lowest BCUT2D eigenvalue weighted by atomic mass is 10.2. The highest BCUT2D eigenvalue weighted by Gasteiger charge is 2.02. The minimum Gasteiger partial charge on any atom is -0.507 e. The fourth-order valence-corrected chi connectivity index (χ4v) is 1.99. The van der Waals surface area contributed by atoms with Gasteiger partial charge >= 0.3 is 0 Å². The zero-order valence-corrected chi connectivity index (χ0v) is 14.0. The van der Waals surface area contributed by atoms with Gasteiger partial charge in [0.1, 0.15) is 11.5 Å². The van der Waals surface area contributed by atoms with Gasteiger partial charge in [-0.3, -0.25) is 4.79 Å². The van der Waals surface area contributed by atoms with Crippen LogP contribution in [0, 0.1) is 0 Å². The zero-order valence-electron chi connectivity index (χ0n) is 12.4. The van der Waals surface area contributed by atoms with Crippen molar-refractivity contribution in [1.29, 1.82) is 0 Å². The highest BCUT2D eigenvalue weighted by Crippen LogP contribution is 2.20. The van der Waals surface area contributed by atoms with Crippen molar-refractivity contribution in [2.24, 2.45) is 5.10 Å². The van der Waals surface area contributed by atoms with Gasteiger partial charge in [0.05, 0.1) is 19.9 Å². The van der Waals surface area contributed by atoms with Crippen LogP contribution in [0.3, 0.4) is 0 Å². The number of phenols is 1. The molecule has 6 nitrogen and oxygen atoms in total. The Bertz CT molecular complexity index is 702. The second kappa shape index (κ2) is 8.19. The van der Waals surface area contributed by atoms with Crippen LogP contribution in [0.25, 0.3) is 0 Å². The Morgan fingerprint density at radius 3 is 2.74 bits per heavy atom. The van der Waals surface area contributed by atoms with E-state index in [1.807, 2.05) is 24.3 Å². The van der Waals surface area contributed by atoms with Crippen molar-refractivity contribution < 1.29 is 14.6 Å². The molecule has 120 valence electrons. The monoisotopic (exact) mass is 377 g/mol. The van der Waals surface area contributed by atoms with Gasteiger partial charge in [-0.25, -0.2) is 5.43 Å². The van der Waals surface area contributed by atoms with Crippen molar-refractivity contribution in [2.45, 2.75) is 0 Å². The number of carbonyl (C=O) groups excluding carboxylic acids is 1. The topological polar surface area (TPSA) is 83.0 Å². The van der Waals surface area contributed by atoms with E-state index in [2.05, 4.69) is 31.8 Å². The Morgan fingerprint density at radius 1 is 1.30 bits per heavy atom. The molecule has 0 aliphatic rings. The van der Waals surface area contributed by atoms with Crippen LogP contribution in [0.4, 0.5) is 5.69 Å². The number of rotatable bonds is 6. The minimum atomic E-state index is -0.299. The molecule has 0 saturated carbocycles. The molecule has 0 spiro atoms. The molecule has 3 N–H and O–H groups in total. The van der Waals surface area contributed by atoms with Crippen LogP contribution in [-0.2, 0) is 4.79 Å². The van der Waals surface area contributed by atoms with Gasteiger partial charge in [0.25, 0.3) is 5.91 Å². The molecule has 1 amide bonds. The van der Waals surface area contributed by atoms with Gasteiger partial charge in [-0.15, -0.1) is 0 Å². The third-order valence-corrected chi connectivity index (χ3v) is 3.45. The van der Waals surface area contributed by atoms with Crippen molar-refractivity contribution >= 4 is 33.7 Å². The minimum absolute atomic E-state index is 0.0526. The number of nitrogens with one attached hydrogen (secondary N) is 2. The van der Waals surface area contributed by atoms with E-state index in [4.69, 9.17) is 4.74 Å². The highest BCUT2D eigenvalue weighted by molar-refractivity contribution is 9.10. The standard InChI is InChI=1S/C16H16BrN3O3/c1-23-14-6-7-15(21)11(8-14)9-19-20-16(22)10-18-13-4-2-12(17)3-5-13/h2-9,18,21H,10H2,1H3,(H,20,22)/b19-9+. The van der Waals surface area contributed by atoms with Crippen LogP contribution in [0.5, 0.6) is 11.5 Å². The molecular formula is C16H16BrN3O3. The number of ether oxygens (including phenoxy) is 1. The largest absolute Gasteiger partial charge is 0.507 e. The summed E-state index contributed by atoms with van der Waals surface area (Å²) in [4.78, 5) is 11.7. The number of benzene rings is 2. The third kappa shape index (κ3) is 5.30. The first-order valence-electron chi connectivity index (χ1n) is 6.77. The predicted molar refractivity (Wildman–Crippen MR) is 93.0 cm³/mol. The summed E-state index contributed by atoms with van der Waals surface area (Å²) in [6.07, 6.45) is 1.36. The number of nitrogens with zero attached hydrogens (tertiary/aromatic N) is 1. The van der Waals surface area contributed by atoms with Gasteiger partial charge in [-0.1, -0.05) is 15.9 Å². The van der Waals surface area contributed by atoms with Crippen molar-refractivity contribution in [3.63, 3.8) is 0 Å². The van der Waals surface area contributed by atoms with Crippen molar-refractivity contribution in [1.82, 2.24) is 5.43 Å². The predicted octanol–water partition coefficient (Wildman–Crippen LogP) is 2.73. The van der Waals surface area contributed by atoms with Gasteiger partial charge in [-0.2, -0.15) is 5.10 Å². The average molecular weight is 378 g/mol. The third-order valence-electron chi connectivity index (χ3n) is 2.92. The Morgan fingerprint density at radius 2 is 2.04 bits per heavy atom. The Kier molecular flexibility index (Phi) is 5.99. The molecule has 2 aromatic rings. The van der Waals surface area contributed by atoms with E-state index >= 15 is 0 Å². The molecule has 0 unspecified atom stereocenters. The molecule has 0 fully saturated rings. The number of hydrogen-bond acceptors (Lipinski definition) is 5. The summed E-state index contributed by atoms with van der Waals surface area (Å²) in [5.41, 5.74) is 3.67. The first-order valence-corrected chi connectivity index (χ1v) is 7.56. The van der Waals surface area contributed by atoms with E-state index in [9.17, 15) is 9.90 Å². The normalized spacial score (nSPS) is 10.5. The molecule has 0 saturated heterocycles. The SMILES string of the molecule is COc1ccc(O)c(/C=N/NC(=O)CNc2ccc(Br)cc2)c1. The van der Waals surface area contributed by atoms with Gasteiger partial charge in [0.15, 0.2) is 0 Å². The Hall–Kier alpha value is -2.54. The quantitative estimate of drug-likeness (QED) is 0.533. The number of aromatic hydroxyl groups is 1. The number of halogens is 1. The van der Waals surface area contributed by atoms with Crippen molar-refractivity contribution in [2.75, 3.05) is 19.0 Å². The van der Waals surface area contributed by atoms with Crippen LogP contribution in [0.15, 0.2) is 52.0 Å². The van der Waals surface area contributed by atoms with Crippen molar-refractivity contribution in [3.05, 3.63) is 52.5 Å². The second-order valence-electron chi connectivity index (χ2n) is 4.58. The van der Waals surface area contributed by atoms with E-state index in [-0.39, 0.29) is 18.2 Å². The maximum absolute atomic E-state index is 11.7. The zero-order chi connectivity index (χ0) is 16.7. The summed E-state index contributed by atoms with van der Waals surface area (Å²) in [5.74, 6) is 0.343. The van der Waals surface area contributed by atoms with E-state index in [0.717, 1.165) is 10.2 Å². The number of hydrazone groups is 1. The second-order valence-corrected chi connectivity index (χ2v) is 5.49. The van der Waals surface area contributed by atoms with Gasteiger partial charge in [-0.05, 0) is 42.5 Å². The molecule has 0 atom stereocenters. The van der Waals surface area contributed by atoms with E-state index in [1.165, 1.54) is 19.4 Å². The summed E-state index contributed by atoms with van der Waals surface area (Å²) in [5, 5.41) is 16.5. The maximum atomic E-state index is 11.7. The van der Waals surface area contributed by atoms with E-state index in [1.54, 1.807) is 12.1 Å². The van der Waals surface area contributed by atoms with Gasteiger partial charge in [0, 0.05) is 15.7 Å². The summed E-state index contributed by atoms with van der Waals surface area (Å²) < 4.78 is 6.03. The number of hydrogen-bond donors (Lipinski definition) is 3. The molecule has 0 bridgehead atoms. The molecule has 7 heteroatoms. The highest BCUT2D eigenvalue weighted by atomic mass is 79.9. The molecule has 0 aromatic heterocycles.